The van der Waals surface area contributed by atoms with Gasteiger partial charge in [0.25, 0.3) is 0 Å². The number of hydrogen-bond acceptors (Lipinski definition) is 1. The highest BCUT2D eigenvalue weighted by Crippen LogP contribution is 2.31. The number of alkyl halides is 1. The molecule has 19 heavy (non-hydrogen) atoms. The molecule has 0 aliphatic heterocycles. The molecule has 0 bridgehead atoms. The van der Waals surface area contributed by atoms with Crippen LogP contribution in [-0.4, -0.2) is 5.88 Å². The van der Waals surface area contributed by atoms with Crippen LogP contribution in [0.4, 0.5) is 0 Å². The zero-order chi connectivity index (χ0) is 13.8. The lowest BCUT2D eigenvalue weighted by atomic mass is 10.0. The molecule has 0 amide bonds. The summed E-state index contributed by atoms with van der Waals surface area (Å²) in [6.45, 7) is 4.33. The Labute approximate surface area is 128 Å². The van der Waals surface area contributed by atoms with Gasteiger partial charge in [-0.2, -0.15) is 0 Å². The van der Waals surface area contributed by atoms with Gasteiger partial charge in [0.15, 0.2) is 0 Å². The predicted octanol–water partition coefficient (Wildman–Crippen LogP) is 6.35. The van der Waals surface area contributed by atoms with Crippen molar-refractivity contribution in [1.29, 1.82) is 0 Å². The first-order valence-electron chi connectivity index (χ1n) is 6.22. The van der Waals surface area contributed by atoms with E-state index in [1.165, 1.54) is 15.3 Å². The smallest absolute Gasteiger partial charge is 0.0439 e. The molecule has 0 saturated carbocycles. The molecule has 1 aromatic heterocycles. The van der Waals surface area contributed by atoms with E-state index in [0.29, 0.717) is 11.8 Å². The van der Waals surface area contributed by atoms with E-state index in [-0.39, 0.29) is 0 Å². The molecule has 0 unspecified atom stereocenters. The van der Waals surface area contributed by atoms with Crippen molar-refractivity contribution in [3.05, 3.63) is 51.9 Å². The van der Waals surface area contributed by atoms with Gasteiger partial charge < -0.3 is 0 Å². The van der Waals surface area contributed by atoms with Gasteiger partial charge in [-0.1, -0.05) is 43.2 Å². The van der Waals surface area contributed by atoms with Gasteiger partial charge in [0.1, 0.15) is 0 Å². The fourth-order valence-corrected chi connectivity index (χ4v) is 3.33. The lowest BCUT2D eigenvalue weighted by Crippen LogP contribution is -1.94. The lowest BCUT2D eigenvalue weighted by Gasteiger charge is -2.06. The molecule has 0 aliphatic carbocycles. The van der Waals surface area contributed by atoms with Gasteiger partial charge in [-0.05, 0) is 41.8 Å². The van der Waals surface area contributed by atoms with Crippen LogP contribution in [-0.2, 0) is 0 Å². The first-order chi connectivity index (χ1) is 9.10. The molecule has 3 heteroatoms. The third-order valence-electron chi connectivity index (χ3n) is 2.96. The highest BCUT2D eigenvalue weighted by molar-refractivity contribution is 7.16. The molecular weight excluding hydrogens is 295 g/mol. The van der Waals surface area contributed by atoms with E-state index >= 15 is 0 Å². The van der Waals surface area contributed by atoms with E-state index in [0.717, 1.165) is 10.6 Å². The molecule has 0 nitrogen and oxygen atoms in total. The molecule has 1 aromatic carbocycles. The number of thiophene rings is 1. The summed E-state index contributed by atoms with van der Waals surface area (Å²) >= 11 is 13.8. The van der Waals surface area contributed by atoms with E-state index in [9.17, 15) is 0 Å². The van der Waals surface area contributed by atoms with Crippen LogP contribution >= 0.6 is 34.5 Å². The van der Waals surface area contributed by atoms with Gasteiger partial charge in [0.05, 0.1) is 0 Å². The van der Waals surface area contributed by atoms with Gasteiger partial charge in [0, 0.05) is 20.7 Å². The molecule has 100 valence electrons. The average Bonchev–Trinajstić information content (AvgIpc) is 2.84. The quantitative estimate of drug-likeness (QED) is 0.577. The second-order valence-electron chi connectivity index (χ2n) is 4.72. The van der Waals surface area contributed by atoms with E-state index in [2.05, 4.69) is 38.1 Å². The fraction of sp³-hybridized carbons (Fsp3) is 0.250. The van der Waals surface area contributed by atoms with Crippen LogP contribution in [0.5, 0.6) is 0 Å². The first kappa shape index (κ1) is 14.6. The van der Waals surface area contributed by atoms with E-state index < -0.39 is 0 Å². The van der Waals surface area contributed by atoms with E-state index in [4.69, 9.17) is 23.2 Å². The molecule has 0 fully saturated rings. The molecule has 2 aromatic rings. The van der Waals surface area contributed by atoms with Gasteiger partial charge in [0.2, 0.25) is 0 Å². The molecule has 0 saturated heterocycles. The summed E-state index contributed by atoms with van der Waals surface area (Å²) in [5.74, 6) is 1.07. The summed E-state index contributed by atoms with van der Waals surface area (Å²) in [5, 5.41) is 0.770. The minimum absolute atomic E-state index is 0.481. The highest BCUT2D eigenvalue weighted by atomic mass is 35.5. The highest BCUT2D eigenvalue weighted by Gasteiger charge is 2.05. The van der Waals surface area contributed by atoms with Crippen molar-refractivity contribution in [2.24, 2.45) is 5.92 Å². The second-order valence-corrected chi connectivity index (χ2v) is 6.54. The predicted molar refractivity (Wildman–Crippen MR) is 88.3 cm³/mol. The fourth-order valence-electron chi connectivity index (χ4n) is 1.77. The number of hydrogen-bond donors (Lipinski definition) is 0. The number of allylic oxidation sites excluding steroid dienone is 1. The molecule has 0 N–H and O–H groups in total. The van der Waals surface area contributed by atoms with Crippen LogP contribution in [0, 0.1) is 5.92 Å². The van der Waals surface area contributed by atoms with Crippen LogP contribution in [0.15, 0.2) is 42.0 Å². The van der Waals surface area contributed by atoms with Crippen molar-refractivity contribution in [3.63, 3.8) is 0 Å². The molecule has 1 heterocycles. The largest absolute Gasteiger partial charge is 0.136 e. The van der Waals surface area contributed by atoms with Crippen LogP contribution in [0.25, 0.3) is 16.5 Å². The van der Waals surface area contributed by atoms with Gasteiger partial charge in [-0.25, -0.2) is 0 Å². The Bertz CT molecular complexity index is 582. The number of halogens is 2. The summed E-state index contributed by atoms with van der Waals surface area (Å²) in [6, 6.07) is 12.2. The van der Waals surface area contributed by atoms with Crippen molar-refractivity contribution in [2.75, 3.05) is 5.88 Å². The van der Waals surface area contributed by atoms with Crippen molar-refractivity contribution in [1.82, 2.24) is 0 Å². The SMILES string of the molecule is CC(C)C(=Cc1ccc(-c2cccc(Cl)c2)s1)CCl. The second kappa shape index (κ2) is 6.60. The Morgan fingerprint density at radius 3 is 2.68 bits per heavy atom. The van der Waals surface area contributed by atoms with Crippen molar-refractivity contribution in [2.45, 2.75) is 13.8 Å². The van der Waals surface area contributed by atoms with Crippen LogP contribution < -0.4 is 0 Å². The van der Waals surface area contributed by atoms with Crippen LogP contribution in [0.3, 0.4) is 0 Å². The number of rotatable bonds is 4. The molecule has 2 rings (SSSR count). The Morgan fingerprint density at radius 2 is 2.05 bits per heavy atom. The minimum Gasteiger partial charge on any atom is -0.136 e. The van der Waals surface area contributed by atoms with Crippen molar-refractivity contribution in [3.8, 4) is 10.4 Å². The Hall–Kier alpha value is -0.760. The summed E-state index contributed by atoms with van der Waals surface area (Å²) in [5.41, 5.74) is 2.43. The molecule has 0 spiro atoms. The number of benzene rings is 1. The molecule has 0 radical (unpaired) electrons. The van der Waals surface area contributed by atoms with E-state index in [1.807, 2.05) is 18.2 Å². The van der Waals surface area contributed by atoms with Gasteiger partial charge in [-0.3, -0.25) is 0 Å². The maximum Gasteiger partial charge on any atom is 0.0439 e. The zero-order valence-electron chi connectivity index (χ0n) is 11.0. The zero-order valence-corrected chi connectivity index (χ0v) is 13.3. The van der Waals surface area contributed by atoms with Crippen LogP contribution in [0.2, 0.25) is 5.02 Å². The standard InChI is InChI=1S/C16H16Cl2S/c1-11(2)13(10-17)9-15-6-7-16(19-15)12-4-3-5-14(18)8-12/h3-9,11H,10H2,1-2H3. The minimum atomic E-state index is 0.481. The van der Waals surface area contributed by atoms with Crippen molar-refractivity contribution < 1.29 is 0 Å². The summed E-state index contributed by atoms with van der Waals surface area (Å²) in [4.78, 5) is 2.46. The Balaban J connectivity index is 2.29. The third kappa shape index (κ3) is 3.85. The van der Waals surface area contributed by atoms with Gasteiger partial charge in [-0.15, -0.1) is 22.9 Å². The normalized spacial score (nSPS) is 12.2. The summed E-state index contributed by atoms with van der Waals surface area (Å²) in [6.07, 6.45) is 2.19. The summed E-state index contributed by atoms with van der Waals surface area (Å²) < 4.78 is 0. The summed E-state index contributed by atoms with van der Waals surface area (Å²) in [7, 11) is 0. The molecular formula is C16H16Cl2S. The topological polar surface area (TPSA) is 0 Å². The van der Waals surface area contributed by atoms with Gasteiger partial charge >= 0.3 is 0 Å². The van der Waals surface area contributed by atoms with Crippen LogP contribution in [0.1, 0.15) is 18.7 Å². The lowest BCUT2D eigenvalue weighted by molar-refractivity contribution is 0.778. The Kier molecular flexibility index (Phi) is 5.09. The van der Waals surface area contributed by atoms with E-state index in [1.54, 1.807) is 11.3 Å². The first-order valence-corrected chi connectivity index (χ1v) is 7.95. The Morgan fingerprint density at radius 1 is 1.26 bits per heavy atom. The third-order valence-corrected chi connectivity index (χ3v) is 4.58. The molecule has 0 atom stereocenters. The van der Waals surface area contributed by atoms with Crippen molar-refractivity contribution >= 4 is 40.6 Å². The molecule has 0 aliphatic rings. The maximum atomic E-state index is 6.03. The monoisotopic (exact) mass is 310 g/mol. The maximum absolute atomic E-state index is 6.03. The average molecular weight is 311 g/mol.